The largest absolute Gasteiger partial charge is 0.508 e. The Morgan fingerprint density at radius 3 is 2.74 bits per heavy atom. The standard InChI is InChI=1S/C14H12N2O2S/c17-12-5-3-11(4-6-12)16-13(18)9-19-14(16)10-2-1-7-15-8-10/h1-8,14,17H,9H2. The van der Waals surface area contributed by atoms with Crippen LogP contribution in [-0.2, 0) is 4.79 Å². The number of benzene rings is 1. The molecule has 2 heterocycles. The number of anilines is 1. The third-order valence-corrected chi connectivity index (χ3v) is 4.18. The van der Waals surface area contributed by atoms with Crippen molar-refractivity contribution in [3.8, 4) is 5.75 Å². The van der Waals surface area contributed by atoms with Crippen molar-refractivity contribution >= 4 is 23.4 Å². The van der Waals surface area contributed by atoms with Crippen molar-refractivity contribution < 1.29 is 9.90 Å². The van der Waals surface area contributed by atoms with Crippen molar-refractivity contribution in [2.45, 2.75) is 5.37 Å². The number of pyridine rings is 1. The molecule has 1 unspecified atom stereocenters. The number of aromatic nitrogens is 1. The highest BCUT2D eigenvalue weighted by Crippen LogP contribution is 2.41. The summed E-state index contributed by atoms with van der Waals surface area (Å²) in [5.74, 6) is 0.728. The average Bonchev–Trinajstić information content (AvgIpc) is 2.83. The van der Waals surface area contributed by atoms with Gasteiger partial charge in [-0.25, -0.2) is 0 Å². The first-order chi connectivity index (χ1) is 9.25. The van der Waals surface area contributed by atoms with Crippen LogP contribution in [0.4, 0.5) is 5.69 Å². The maximum Gasteiger partial charge on any atom is 0.238 e. The highest BCUT2D eigenvalue weighted by molar-refractivity contribution is 8.00. The van der Waals surface area contributed by atoms with Crippen LogP contribution in [0.1, 0.15) is 10.9 Å². The normalized spacial score (nSPS) is 18.8. The second-order valence-corrected chi connectivity index (χ2v) is 5.30. The molecule has 4 nitrogen and oxygen atoms in total. The number of carbonyl (C=O) groups is 1. The van der Waals surface area contributed by atoms with Gasteiger partial charge >= 0.3 is 0 Å². The fourth-order valence-electron chi connectivity index (χ4n) is 2.09. The third kappa shape index (κ3) is 2.29. The zero-order valence-electron chi connectivity index (χ0n) is 10.1. The molecule has 1 aromatic heterocycles. The summed E-state index contributed by atoms with van der Waals surface area (Å²) in [6.07, 6.45) is 3.50. The van der Waals surface area contributed by atoms with Gasteiger partial charge in [-0.1, -0.05) is 6.07 Å². The van der Waals surface area contributed by atoms with E-state index >= 15 is 0 Å². The molecule has 1 N–H and O–H groups in total. The van der Waals surface area contributed by atoms with E-state index in [1.54, 1.807) is 53.3 Å². The number of hydrogen-bond donors (Lipinski definition) is 1. The predicted octanol–water partition coefficient (Wildman–Crippen LogP) is 2.57. The molecule has 19 heavy (non-hydrogen) atoms. The van der Waals surface area contributed by atoms with Crippen LogP contribution in [-0.4, -0.2) is 21.8 Å². The van der Waals surface area contributed by atoms with Crippen LogP contribution >= 0.6 is 11.8 Å². The fraction of sp³-hybridized carbons (Fsp3) is 0.143. The number of carbonyl (C=O) groups excluding carboxylic acids is 1. The van der Waals surface area contributed by atoms with Crippen LogP contribution in [0.25, 0.3) is 0 Å². The van der Waals surface area contributed by atoms with E-state index in [-0.39, 0.29) is 17.0 Å². The van der Waals surface area contributed by atoms with Crippen molar-refractivity contribution in [2.75, 3.05) is 10.7 Å². The minimum atomic E-state index is -0.0502. The van der Waals surface area contributed by atoms with E-state index in [2.05, 4.69) is 4.98 Å². The molecule has 1 fully saturated rings. The van der Waals surface area contributed by atoms with Gasteiger partial charge in [0, 0.05) is 23.6 Å². The van der Waals surface area contributed by atoms with Gasteiger partial charge in [0.25, 0.3) is 0 Å². The van der Waals surface area contributed by atoms with Gasteiger partial charge in [-0.2, -0.15) is 0 Å². The summed E-state index contributed by atoms with van der Waals surface area (Å²) in [7, 11) is 0. The van der Waals surface area contributed by atoms with Crippen LogP contribution in [0, 0.1) is 0 Å². The number of hydrogen-bond acceptors (Lipinski definition) is 4. The van der Waals surface area contributed by atoms with E-state index in [9.17, 15) is 9.90 Å². The molecular formula is C14H12N2O2S. The van der Waals surface area contributed by atoms with Gasteiger partial charge in [0.05, 0.1) is 5.75 Å². The Morgan fingerprint density at radius 1 is 1.26 bits per heavy atom. The Labute approximate surface area is 115 Å². The number of aromatic hydroxyl groups is 1. The number of nitrogens with zero attached hydrogens (tertiary/aromatic N) is 2. The van der Waals surface area contributed by atoms with Crippen molar-refractivity contribution in [1.29, 1.82) is 0 Å². The summed E-state index contributed by atoms with van der Waals surface area (Å²) >= 11 is 1.58. The van der Waals surface area contributed by atoms with E-state index in [0.717, 1.165) is 11.3 Å². The molecule has 1 aliphatic heterocycles. The highest BCUT2D eigenvalue weighted by atomic mass is 32.2. The average molecular weight is 272 g/mol. The second kappa shape index (κ2) is 4.93. The van der Waals surface area contributed by atoms with Crippen molar-refractivity contribution in [3.63, 3.8) is 0 Å². The molecule has 3 rings (SSSR count). The van der Waals surface area contributed by atoms with Gasteiger partial charge in [-0.3, -0.25) is 14.7 Å². The third-order valence-electron chi connectivity index (χ3n) is 2.97. The molecule has 1 amide bonds. The van der Waals surface area contributed by atoms with Gasteiger partial charge in [0.2, 0.25) is 5.91 Å². The Kier molecular flexibility index (Phi) is 3.13. The molecule has 0 radical (unpaired) electrons. The summed E-state index contributed by atoms with van der Waals surface area (Å²) in [6, 6.07) is 10.5. The molecule has 5 heteroatoms. The fourth-order valence-corrected chi connectivity index (χ4v) is 3.24. The second-order valence-electron chi connectivity index (χ2n) is 4.23. The summed E-state index contributed by atoms with van der Waals surface area (Å²) < 4.78 is 0. The summed E-state index contributed by atoms with van der Waals surface area (Å²) in [4.78, 5) is 17.9. The Balaban J connectivity index is 1.97. The van der Waals surface area contributed by atoms with E-state index < -0.39 is 0 Å². The lowest BCUT2D eigenvalue weighted by molar-refractivity contribution is -0.115. The lowest BCUT2D eigenvalue weighted by Crippen LogP contribution is -2.27. The molecule has 1 atom stereocenters. The summed E-state index contributed by atoms with van der Waals surface area (Å²) in [5, 5.41) is 9.28. The lowest BCUT2D eigenvalue weighted by Gasteiger charge is -2.24. The van der Waals surface area contributed by atoms with Crippen LogP contribution in [0.3, 0.4) is 0 Å². The Morgan fingerprint density at radius 2 is 2.05 bits per heavy atom. The van der Waals surface area contributed by atoms with Gasteiger partial charge in [0.1, 0.15) is 11.1 Å². The molecule has 1 aromatic carbocycles. The molecule has 1 aliphatic rings. The molecular weight excluding hydrogens is 260 g/mol. The van der Waals surface area contributed by atoms with Crippen LogP contribution < -0.4 is 4.90 Å². The summed E-state index contributed by atoms with van der Waals surface area (Å²) in [5.41, 5.74) is 1.80. The predicted molar refractivity (Wildman–Crippen MR) is 75.0 cm³/mol. The topological polar surface area (TPSA) is 53.4 Å². The van der Waals surface area contributed by atoms with Gasteiger partial charge < -0.3 is 5.11 Å². The zero-order valence-corrected chi connectivity index (χ0v) is 10.9. The number of phenols is 1. The van der Waals surface area contributed by atoms with Gasteiger partial charge in [-0.15, -0.1) is 11.8 Å². The van der Waals surface area contributed by atoms with E-state index in [0.29, 0.717) is 5.75 Å². The quantitative estimate of drug-likeness (QED) is 0.913. The zero-order chi connectivity index (χ0) is 13.2. The molecule has 0 spiro atoms. The molecule has 1 saturated heterocycles. The Bertz CT molecular complexity index is 586. The van der Waals surface area contributed by atoms with Crippen LogP contribution in [0.5, 0.6) is 5.75 Å². The lowest BCUT2D eigenvalue weighted by atomic mass is 10.2. The number of phenolic OH excluding ortho intramolecular Hbond substituents is 1. The number of thioether (sulfide) groups is 1. The highest BCUT2D eigenvalue weighted by Gasteiger charge is 2.34. The van der Waals surface area contributed by atoms with Gasteiger partial charge in [-0.05, 0) is 30.3 Å². The number of rotatable bonds is 2. The maximum atomic E-state index is 12.1. The smallest absolute Gasteiger partial charge is 0.238 e. The van der Waals surface area contributed by atoms with Gasteiger partial charge in [0.15, 0.2) is 0 Å². The minimum Gasteiger partial charge on any atom is -0.508 e. The van der Waals surface area contributed by atoms with E-state index in [1.165, 1.54) is 0 Å². The maximum absolute atomic E-state index is 12.1. The minimum absolute atomic E-state index is 0.0502. The van der Waals surface area contributed by atoms with Crippen molar-refractivity contribution in [2.24, 2.45) is 0 Å². The van der Waals surface area contributed by atoms with Crippen LogP contribution in [0.2, 0.25) is 0 Å². The molecule has 0 saturated carbocycles. The first-order valence-electron chi connectivity index (χ1n) is 5.88. The molecule has 96 valence electrons. The van der Waals surface area contributed by atoms with Crippen molar-refractivity contribution in [3.05, 3.63) is 54.4 Å². The SMILES string of the molecule is O=C1CSC(c2cccnc2)N1c1ccc(O)cc1. The molecule has 0 bridgehead atoms. The Hall–Kier alpha value is -2.01. The van der Waals surface area contributed by atoms with Crippen molar-refractivity contribution in [1.82, 2.24) is 4.98 Å². The van der Waals surface area contributed by atoms with E-state index in [4.69, 9.17) is 0 Å². The first kappa shape index (κ1) is 12.0. The summed E-state index contributed by atoms with van der Waals surface area (Å²) in [6.45, 7) is 0. The number of amides is 1. The monoisotopic (exact) mass is 272 g/mol. The molecule has 2 aromatic rings. The molecule has 0 aliphatic carbocycles. The van der Waals surface area contributed by atoms with Crippen LogP contribution in [0.15, 0.2) is 48.8 Å². The first-order valence-corrected chi connectivity index (χ1v) is 6.93. The van der Waals surface area contributed by atoms with E-state index in [1.807, 2.05) is 12.1 Å².